The Bertz CT molecular complexity index is 630. The lowest BCUT2D eigenvalue weighted by atomic mass is 10.1. The number of benzene rings is 2. The summed E-state index contributed by atoms with van der Waals surface area (Å²) in [7, 11) is 1.48. The number of nitrogens with zero attached hydrogens (tertiary/aromatic N) is 1. The third-order valence-corrected chi connectivity index (χ3v) is 3.80. The fourth-order valence-corrected chi connectivity index (χ4v) is 2.72. The van der Waals surface area contributed by atoms with E-state index in [0.29, 0.717) is 6.54 Å². The number of methoxy groups -OCH3 is 1. The van der Waals surface area contributed by atoms with Crippen LogP contribution in [0.1, 0.15) is 11.1 Å². The molecule has 0 saturated heterocycles. The lowest BCUT2D eigenvalue weighted by Crippen LogP contribution is -2.28. The smallest absolute Gasteiger partial charge is 0.165 e. The summed E-state index contributed by atoms with van der Waals surface area (Å²) in [5.74, 6) is -0.0204. The Balaban J connectivity index is 1.86. The number of anilines is 1. The predicted molar refractivity (Wildman–Crippen MR) is 82.2 cm³/mol. The van der Waals surface area contributed by atoms with Crippen molar-refractivity contribution in [2.75, 3.05) is 25.1 Å². The lowest BCUT2D eigenvalue weighted by molar-refractivity contribution is 0.386. The van der Waals surface area contributed by atoms with Crippen LogP contribution in [0.3, 0.4) is 0 Å². The molecule has 3 nitrogen and oxygen atoms in total. The second-order valence-electron chi connectivity index (χ2n) is 5.20. The minimum atomic E-state index is -0.309. The molecular formula is C17H19FN2O. The maximum Gasteiger partial charge on any atom is 0.165 e. The molecule has 21 heavy (non-hydrogen) atoms. The molecular weight excluding hydrogens is 267 g/mol. The van der Waals surface area contributed by atoms with E-state index < -0.39 is 0 Å². The van der Waals surface area contributed by atoms with Gasteiger partial charge in [-0.3, -0.25) is 0 Å². The van der Waals surface area contributed by atoms with Crippen molar-refractivity contribution >= 4 is 5.69 Å². The van der Waals surface area contributed by atoms with Crippen LogP contribution in [-0.4, -0.2) is 20.2 Å². The summed E-state index contributed by atoms with van der Waals surface area (Å²) >= 11 is 0. The van der Waals surface area contributed by atoms with Gasteiger partial charge in [-0.1, -0.05) is 24.3 Å². The third-order valence-electron chi connectivity index (χ3n) is 3.80. The van der Waals surface area contributed by atoms with E-state index in [2.05, 4.69) is 28.4 Å². The Morgan fingerprint density at radius 1 is 1.24 bits per heavy atom. The Morgan fingerprint density at radius 3 is 2.90 bits per heavy atom. The van der Waals surface area contributed by atoms with Gasteiger partial charge in [-0.2, -0.15) is 0 Å². The molecule has 1 aliphatic heterocycles. The fourth-order valence-electron chi connectivity index (χ4n) is 2.72. The van der Waals surface area contributed by atoms with E-state index in [4.69, 9.17) is 4.74 Å². The Hall–Kier alpha value is -2.07. The molecule has 2 aromatic carbocycles. The molecule has 3 rings (SSSR count). The van der Waals surface area contributed by atoms with E-state index in [9.17, 15) is 4.39 Å². The van der Waals surface area contributed by atoms with Crippen LogP contribution in [0.5, 0.6) is 5.75 Å². The second-order valence-corrected chi connectivity index (χ2v) is 5.20. The minimum absolute atomic E-state index is 0.289. The first-order valence-electron chi connectivity index (χ1n) is 7.14. The molecule has 1 heterocycles. The van der Waals surface area contributed by atoms with E-state index in [1.54, 1.807) is 12.1 Å². The highest BCUT2D eigenvalue weighted by molar-refractivity contribution is 5.54. The Morgan fingerprint density at radius 2 is 2.10 bits per heavy atom. The van der Waals surface area contributed by atoms with Gasteiger partial charge < -0.3 is 15.0 Å². The van der Waals surface area contributed by atoms with Gasteiger partial charge in [0.1, 0.15) is 0 Å². The quantitative estimate of drug-likeness (QED) is 0.939. The molecule has 0 aliphatic carbocycles. The summed E-state index contributed by atoms with van der Waals surface area (Å²) in [5, 5.41) is 3.41. The number of hydrogen-bond donors (Lipinski definition) is 1. The molecule has 0 fully saturated rings. The summed E-state index contributed by atoms with van der Waals surface area (Å²) in [6.45, 7) is 3.40. The predicted octanol–water partition coefficient (Wildman–Crippen LogP) is 2.94. The lowest BCUT2D eigenvalue weighted by Gasteiger charge is -2.24. The SMILES string of the molecule is COc1ccc(CN2CCNCc3ccccc32)cc1F. The number of halogens is 1. The van der Waals surface area contributed by atoms with E-state index >= 15 is 0 Å². The van der Waals surface area contributed by atoms with Crippen LogP contribution in [0, 0.1) is 5.82 Å². The van der Waals surface area contributed by atoms with Crippen LogP contribution in [-0.2, 0) is 13.1 Å². The largest absolute Gasteiger partial charge is 0.494 e. The summed E-state index contributed by atoms with van der Waals surface area (Å²) in [5.41, 5.74) is 3.45. The molecule has 0 saturated carbocycles. The normalized spacial score (nSPS) is 14.5. The molecule has 1 aliphatic rings. The highest BCUT2D eigenvalue weighted by Gasteiger charge is 2.15. The Labute approximate surface area is 124 Å². The van der Waals surface area contributed by atoms with Crippen LogP contribution in [0.2, 0.25) is 0 Å². The van der Waals surface area contributed by atoms with Gasteiger partial charge >= 0.3 is 0 Å². The first-order valence-corrected chi connectivity index (χ1v) is 7.14. The molecule has 0 amide bonds. The van der Waals surface area contributed by atoms with Crippen molar-refractivity contribution in [2.24, 2.45) is 0 Å². The van der Waals surface area contributed by atoms with Gasteiger partial charge in [0.25, 0.3) is 0 Å². The summed E-state index contributed by atoms with van der Waals surface area (Å²) in [6, 6.07) is 13.5. The first-order chi connectivity index (χ1) is 10.3. The highest BCUT2D eigenvalue weighted by atomic mass is 19.1. The summed E-state index contributed by atoms with van der Waals surface area (Å²) < 4.78 is 18.8. The number of nitrogens with one attached hydrogen (secondary N) is 1. The molecule has 0 atom stereocenters. The zero-order chi connectivity index (χ0) is 14.7. The molecule has 0 aromatic heterocycles. The monoisotopic (exact) mass is 286 g/mol. The van der Waals surface area contributed by atoms with Crippen molar-refractivity contribution in [1.82, 2.24) is 5.32 Å². The van der Waals surface area contributed by atoms with E-state index in [0.717, 1.165) is 25.2 Å². The molecule has 0 spiro atoms. The van der Waals surface area contributed by atoms with Crippen LogP contribution in [0.25, 0.3) is 0 Å². The average Bonchev–Trinajstić information content (AvgIpc) is 2.70. The van der Waals surface area contributed by atoms with Crippen molar-refractivity contribution in [3.05, 3.63) is 59.4 Å². The molecule has 0 unspecified atom stereocenters. The zero-order valence-electron chi connectivity index (χ0n) is 12.1. The molecule has 2 aromatic rings. The molecule has 4 heteroatoms. The number of ether oxygens (including phenoxy) is 1. The standard InChI is InChI=1S/C17H19FN2O/c1-21-17-7-6-13(10-15(17)18)12-20-9-8-19-11-14-4-2-3-5-16(14)20/h2-7,10,19H,8-9,11-12H2,1H3. The number of rotatable bonds is 3. The maximum absolute atomic E-state index is 13.8. The first kappa shape index (κ1) is 13.9. The number of hydrogen-bond acceptors (Lipinski definition) is 3. The topological polar surface area (TPSA) is 24.5 Å². The molecule has 1 N–H and O–H groups in total. The van der Waals surface area contributed by atoms with Gasteiger partial charge in [0.05, 0.1) is 7.11 Å². The number of para-hydroxylation sites is 1. The summed E-state index contributed by atoms with van der Waals surface area (Å²) in [6.07, 6.45) is 0. The van der Waals surface area contributed by atoms with E-state index in [-0.39, 0.29) is 11.6 Å². The van der Waals surface area contributed by atoms with E-state index in [1.807, 2.05) is 12.1 Å². The van der Waals surface area contributed by atoms with Crippen LogP contribution < -0.4 is 15.0 Å². The fraction of sp³-hybridized carbons (Fsp3) is 0.294. The highest BCUT2D eigenvalue weighted by Crippen LogP contribution is 2.25. The van der Waals surface area contributed by atoms with Gasteiger partial charge in [0.2, 0.25) is 0 Å². The van der Waals surface area contributed by atoms with Crippen LogP contribution in [0.4, 0.5) is 10.1 Å². The van der Waals surface area contributed by atoms with Gasteiger partial charge in [-0.15, -0.1) is 0 Å². The number of fused-ring (bicyclic) bond motifs is 1. The van der Waals surface area contributed by atoms with Gasteiger partial charge in [-0.05, 0) is 29.3 Å². The second kappa shape index (κ2) is 6.14. The van der Waals surface area contributed by atoms with Crippen molar-refractivity contribution < 1.29 is 9.13 Å². The molecule has 0 radical (unpaired) electrons. The van der Waals surface area contributed by atoms with Crippen molar-refractivity contribution in [1.29, 1.82) is 0 Å². The maximum atomic E-state index is 13.8. The van der Waals surface area contributed by atoms with Gasteiger partial charge in [-0.25, -0.2) is 4.39 Å². The average molecular weight is 286 g/mol. The van der Waals surface area contributed by atoms with Gasteiger partial charge in [0.15, 0.2) is 11.6 Å². The van der Waals surface area contributed by atoms with Crippen molar-refractivity contribution in [3.63, 3.8) is 0 Å². The van der Waals surface area contributed by atoms with Crippen LogP contribution in [0.15, 0.2) is 42.5 Å². The Kier molecular flexibility index (Phi) is 4.06. The molecule has 0 bridgehead atoms. The van der Waals surface area contributed by atoms with E-state index in [1.165, 1.54) is 18.4 Å². The van der Waals surface area contributed by atoms with Crippen molar-refractivity contribution in [2.45, 2.75) is 13.1 Å². The zero-order valence-corrected chi connectivity index (χ0v) is 12.1. The van der Waals surface area contributed by atoms with Crippen LogP contribution >= 0.6 is 0 Å². The summed E-state index contributed by atoms with van der Waals surface area (Å²) in [4.78, 5) is 2.29. The minimum Gasteiger partial charge on any atom is -0.494 e. The molecule has 110 valence electrons. The third kappa shape index (κ3) is 3.00. The van der Waals surface area contributed by atoms with Gasteiger partial charge in [0, 0.05) is 31.9 Å². The van der Waals surface area contributed by atoms with Crippen molar-refractivity contribution in [3.8, 4) is 5.75 Å².